The third-order valence-corrected chi connectivity index (χ3v) is 6.16. The molecule has 0 N–H and O–H groups in total. The lowest BCUT2D eigenvalue weighted by atomic mass is 10.0. The predicted octanol–water partition coefficient (Wildman–Crippen LogP) is 6.78. The van der Waals surface area contributed by atoms with Crippen molar-refractivity contribution in [1.82, 2.24) is 0 Å². The molecule has 5 aromatic rings. The number of anilines is 1. The van der Waals surface area contributed by atoms with Gasteiger partial charge in [-0.15, -0.1) is 0 Å². The zero-order valence-corrected chi connectivity index (χ0v) is 20.0. The maximum absolute atomic E-state index is 14.9. The van der Waals surface area contributed by atoms with Gasteiger partial charge < -0.3 is 9.47 Å². The van der Waals surface area contributed by atoms with Gasteiger partial charge in [0, 0.05) is 11.1 Å². The minimum Gasteiger partial charge on any atom is -0.497 e. The summed E-state index contributed by atoms with van der Waals surface area (Å²) in [6.45, 7) is 0. The summed E-state index contributed by atoms with van der Waals surface area (Å²) in [4.78, 5) is 28.0. The van der Waals surface area contributed by atoms with E-state index in [4.69, 9.17) is 9.47 Å². The van der Waals surface area contributed by atoms with Crippen LogP contribution in [0.15, 0.2) is 91.0 Å². The Hall–Kier alpha value is -4.78. The van der Waals surface area contributed by atoms with Crippen LogP contribution in [0.1, 0.15) is 20.7 Å². The van der Waals surface area contributed by atoms with E-state index in [1.54, 1.807) is 74.9 Å². The first-order valence-electron chi connectivity index (χ1n) is 11.4. The summed E-state index contributed by atoms with van der Waals surface area (Å²) in [5, 5.41) is 3.01. The van der Waals surface area contributed by atoms with Crippen molar-refractivity contribution in [2.24, 2.45) is 0 Å². The first kappa shape index (κ1) is 23.9. The van der Waals surface area contributed by atoms with Crippen molar-refractivity contribution in [3.05, 3.63) is 114 Å². The number of carbonyl (C=O) groups excluding carboxylic acids is 2. The standard InChI is InChI=1S/C30H21F2NO4/c1-36-24-12-10-18-14-22(8-6-20(18)16-24)29(34)33(28-26(31)4-3-5-27(28)32)30(35)23-9-7-21-17-25(37-2)13-11-19(21)15-23/h3-17H,1-2H3. The minimum atomic E-state index is -1.03. The summed E-state index contributed by atoms with van der Waals surface area (Å²) in [5.74, 6) is -2.49. The molecule has 0 bridgehead atoms. The van der Waals surface area contributed by atoms with Gasteiger partial charge in [-0.3, -0.25) is 9.59 Å². The molecule has 0 saturated carbocycles. The Kier molecular flexibility index (Phi) is 6.27. The number of carbonyl (C=O) groups is 2. The fourth-order valence-electron chi connectivity index (χ4n) is 4.22. The van der Waals surface area contributed by atoms with E-state index in [1.807, 2.05) is 0 Å². The van der Waals surface area contributed by atoms with Crippen LogP contribution in [0, 0.1) is 11.6 Å². The van der Waals surface area contributed by atoms with Crippen molar-refractivity contribution in [2.45, 2.75) is 0 Å². The third-order valence-electron chi connectivity index (χ3n) is 6.16. The molecule has 2 amide bonds. The smallest absolute Gasteiger partial charge is 0.265 e. The van der Waals surface area contributed by atoms with Crippen LogP contribution in [0.4, 0.5) is 14.5 Å². The van der Waals surface area contributed by atoms with Crippen LogP contribution in [0.5, 0.6) is 11.5 Å². The molecule has 37 heavy (non-hydrogen) atoms. The zero-order chi connectivity index (χ0) is 26.1. The second kappa shape index (κ2) is 9.70. The topological polar surface area (TPSA) is 55.8 Å². The number of nitrogens with zero attached hydrogens (tertiary/aromatic N) is 1. The second-order valence-corrected chi connectivity index (χ2v) is 8.37. The zero-order valence-electron chi connectivity index (χ0n) is 20.0. The molecule has 5 nitrogen and oxygen atoms in total. The largest absolute Gasteiger partial charge is 0.497 e. The molecule has 5 aromatic carbocycles. The summed E-state index contributed by atoms with van der Waals surface area (Å²) in [6, 6.07) is 23.3. The first-order valence-corrected chi connectivity index (χ1v) is 11.4. The third kappa shape index (κ3) is 4.47. The average molecular weight is 497 g/mol. The second-order valence-electron chi connectivity index (χ2n) is 8.37. The van der Waals surface area contributed by atoms with Gasteiger partial charge in [-0.25, -0.2) is 13.7 Å². The van der Waals surface area contributed by atoms with Gasteiger partial charge in [0.1, 0.15) is 28.8 Å². The number of hydrogen-bond donors (Lipinski definition) is 0. The van der Waals surface area contributed by atoms with Crippen molar-refractivity contribution in [1.29, 1.82) is 0 Å². The predicted molar refractivity (Wildman–Crippen MR) is 138 cm³/mol. The van der Waals surface area contributed by atoms with Gasteiger partial charge in [-0.1, -0.05) is 30.3 Å². The Labute approximate surface area is 211 Å². The normalized spacial score (nSPS) is 10.9. The molecule has 184 valence electrons. The van der Waals surface area contributed by atoms with E-state index in [-0.39, 0.29) is 11.1 Å². The summed E-state index contributed by atoms with van der Waals surface area (Å²) in [6.07, 6.45) is 0. The summed E-state index contributed by atoms with van der Waals surface area (Å²) in [5.41, 5.74) is -0.541. The van der Waals surface area contributed by atoms with Crippen molar-refractivity contribution in [3.8, 4) is 11.5 Å². The van der Waals surface area contributed by atoms with E-state index in [2.05, 4.69) is 0 Å². The van der Waals surface area contributed by atoms with Crippen molar-refractivity contribution in [2.75, 3.05) is 19.1 Å². The van der Waals surface area contributed by atoms with Crippen molar-refractivity contribution < 1.29 is 27.8 Å². The van der Waals surface area contributed by atoms with Gasteiger partial charge in [0.25, 0.3) is 11.8 Å². The lowest BCUT2D eigenvalue weighted by Crippen LogP contribution is -2.38. The van der Waals surface area contributed by atoms with Crippen LogP contribution < -0.4 is 14.4 Å². The van der Waals surface area contributed by atoms with Crippen molar-refractivity contribution >= 4 is 39.0 Å². The van der Waals surface area contributed by atoms with E-state index >= 15 is 0 Å². The molecular weight excluding hydrogens is 476 g/mol. The van der Waals surface area contributed by atoms with Crippen LogP contribution in [0.25, 0.3) is 21.5 Å². The Morgan fingerprint density at radius 1 is 0.595 bits per heavy atom. The molecule has 0 saturated heterocycles. The Morgan fingerprint density at radius 2 is 1.00 bits per heavy atom. The molecule has 0 aliphatic carbocycles. The van der Waals surface area contributed by atoms with Crippen molar-refractivity contribution in [3.63, 3.8) is 0 Å². The maximum atomic E-state index is 14.9. The fraction of sp³-hybridized carbons (Fsp3) is 0.0667. The Bertz CT molecular complexity index is 1560. The lowest BCUT2D eigenvalue weighted by Gasteiger charge is -2.22. The van der Waals surface area contributed by atoms with E-state index in [0.717, 1.165) is 22.9 Å². The molecule has 0 heterocycles. The highest BCUT2D eigenvalue weighted by molar-refractivity contribution is 6.26. The summed E-state index contributed by atoms with van der Waals surface area (Å²) >= 11 is 0. The number of hydrogen-bond acceptors (Lipinski definition) is 4. The van der Waals surface area contributed by atoms with E-state index in [0.29, 0.717) is 27.2 Å². The molecule has 0 aliphatic heterocycles. The number of benzene rings is 5. The summed E-state index contributed by atoms with van der Waals surface area (Å²) < 4.78 is 40.3. The highest BCUT2D eigenvalue weighted by atomic mass is 19.1. The van der Waals surface area contributed by atoms with Gasteiger partial charge in [-0.2, -0.15) is 0 Å². The first-order chi connectivity index (χ1) is 17.9. The van der Waals surface area contributed by atoms with Gasteiger partial charge in [0.05, 0.1) is 14.2 Å². The molecular formula is C30H21F2NO4. The molecule has 7 heteroatoms. The molecule has 0 unspecified atom stereocenters. The lowest BCUT2D eigenvalue weighted by molar-refractivity contribution is 0.0895. The van der Waals surface area contributed by atoms with E-state index in [1.165, 1.54) is 18.2 Å². The average Bonchev–Trinajstić information content (AvgIpc) is 2.93. The Morgan fingerprint density at radius 3 is 1.43 bits per heavy atom. The number of halogens is 2. The molecule has 0 aliphatic rings. The molecule has 0 aromatic heterocycles. The molecule has 0 fully saturated rings. The minimum absolute atomic E-state index is 0.0965. The fourth-order valence-corrected chi connectivity index (χ4v) is 4.22. The van der Waals surface area contributed by atoms with Crippen LogP contribution in [0.2, 0.25) is 0 Å². The number of fused-ring (bicyclic) bond motifs is 2. The van der Waals surface area contributed by atoms with Crippen LogP contribution in [0.3, 0.4) is 0 Å². The van der Waals surface area contributed by atoms with Gasteiger partial charge in [-0.05, 0) is 82.2 Å². The highest BCUT2D eigenvalue weighted by Crippen LogP contribution is 2.30. The number of rotatable bonds is 5. The van der Waals surface area contributed by atoms with E-state index in [9.17, 15) is 18.4 Å². The maximum Gasteiger partial charge on any atom is 0.265 e. The van der Waals surface area contributed by atoms with Crippen LogP contribution in [-0.2, 0) is 0 Å². The molecule has 0 radical (unpaired) electrons. The van der Waals surface area contributed by atoms with Gasteiger partial charge in [0.15, 0.2) is 0 Å². The monoisotopic (exact) mass is 497 g/mol. The highest BCUT2D eigenvalue weighted by Gasteiger charge is 2.31. The molecule has 0 atom stereocenters. The van der Waals surface area contributed by atoms with E-state index < -0.39 is 29.1 Å². The summed E-state index contributed by atoms with van der Waals surface area (Å²) in [7, 11) is 3.10. The van der Waals surface area contributed by atoms with Crippen LogP contribution in [-0.4, -0.2) is 26.0 Å². The number of imide groups is 1. The number of ether oxygens (including phenoxy) is 2. The number of amides is 2. The Balaban J connectivity index is 1.62. The van der Waals surface area contributed by atoms with Gasteiger partial charge in [0.2, 0.25) is 0 Å². The molecule has 0 spiro atoms. The van der Waals surface area contributed by atoms with Crippen LogP contribution >= 0.6 is 0 Å². The molecule has 5 rings (SSSR count). The quantitative estimate of drug-likeness (QED) is 0.251. The SMILES string of the molecule is COc1ccc2cc(C(=O)N(C(=O)c3ccc4cc(OC)ccc4c3)c3c(F)cccc3F)ccc2c1. The number of para-hydroxylation sites is 1. The number of methoxy groups -OCH3 is 2. The van der Waals surface area contributed by atoms with Gasteiger partial charge >= 0.3 is 0 Å².